The van der Waals surface area contributed by atoms with E-state index in [0.29, 0.717) is 6.42 Å². The Kier molecular flexibility index (Phi) is 34.0. The molecule has 2 unspecified atom stereocenters. The Morgan fingerprint density at radius 2 is 1.03 bits per heavy atom. The average Bonchev–Trinajstić information content (AvgIpc) is 2.71. The van der Waals surface area contributed by atoms with Crippen molar-refractivity contribution in [2.24, 2.45) is 0 Å². The molecule has 0 saturated heterocycles. The highest BCUT2D eigenvalue weighted by Gasteiger charge is 1.95. The normalized spacial score (nSPS) is 12.5. The van der Waals surface area contributed by atoms with Crippen molar-refractivity contribution in [3.05, 3.63) is 12.2 Å². The highest BCUT2D eigenvalue weighted by atomic mass is 16.4. The summed E-state index contributed by atoms with van der Waals surface area (Å²) in [6.45, 7) is 5.04. The van der Waals surface area contributed by atoms with Crippen LogP contribution < -0.4 is 0 Å². The number of carboxylic acid groups (broad SMARTS) is 1. The molecular formula is C24H50O6. The molecule has 0 aromatic carbocycles. The fourth-order valence-electron chi connectivity index (χ4n) is 2.35. The number of hydrogen-bond acceptors (Lipinski definition) is 5. The summed E-state index contributed by atoms with van der Waals surface area (Å²) >= 11 is 0. The first-order chi connectivity index (χ1) is 14.3. The summed E-state index contributed by atoms with van der Waals surface area (Å²) in [5, 5.41) is 40.5. The van der Waals surface area contributed by atoms with Crippen molar-refractivity contribution in [3.8, 4) is 0 Å². The van der Waals surface area contributed by atoms with Gasteiger partial charge in [-0.15, -0.1) is 0 Å². The van der Waals surface area contributed by atoms with Gasteiger partial charge in [-0.25, -0.2) is 0 Å². The van der Waals surface area contributed by atoms with E-state index in [9.17, 15) is 4.79 Å². The Bertz CT molecular complexity index is 335. The lowest BCUT2D eigenvalue weighted by atomic mass is 10.1. The minimum absolute atomic E-state index is 0.139. The van der Waals surface area contributed by atoms with Crippen molar-refractivity contribution in [3.63, 3.8) is 0 Å². The number of rotatable bonds is 17. The molecule has 0 spiro atoms. The first kappa shape index (κ1) is 33.7. The van der Waals surface area contributed by atoms with E-state index < -0.39 is 18.2 Å². The fourth-order valence-corrected chi connectivity index (χ4v) is 2.35. The molecule has 30 heavy (non-hydrogen) atoms. The molecule has 0 aliphatic heterocycles. The fraction of sp³-hybridized carbons (Fsp3) is 0.875. The van der Waals surface area contributed by atoms with Crippen LogP contribution in [0.15, 0.2) is 12.2 Å². The summed E-state index contributed by atoms with van der Waals surface area (Å²) in [5.74, 6) is -0.664. The number of allylic oxidation sites excluding steroid dienone is 2. The first-order valence-corrected chi connectivity index (χ1v) is 11.8. The number of aliphatic hydroxyl groups excluding tert-OH is 4. The van der Waals surface area contributed by atoms with Gasteiger partial charge in [0, 0.05) is 6.42 Å². The maximum Gasteiger partial charge on any atom is 0.303 e. The van der Waals surface area contributed by atoms with Gasteiger partial charge < -0.3 is 25.5 Å². The summed E-state index contributed by atoms with van der Waals surface area (Å²) < 4.78 is 0. The third-order valence-corrected chi connectivity index (χ3v) is 4.18. The second kappa shape index (κ2) is 30.2. The Labute approximate surface area is 185 Å². The molecule has 0 aromatic rings. The second-order valence-electron chi connectivity index (χ2n) is 7.79. The van der Waals surface area contributed by atoms with Crippen molar-refractivity contribution < 1.29 is 30.3 Å². The van der Waals surface area contributed by atoms with Gasteiger partial charge in [-0.05, 0) is 46.0 Å². The predicted octanol–water partition coefficient (Wildman–Crippen LogP) is 4.83. The minimum Gasteiger partial charge on any atom is -0.481 e. The van der Waals surface area contributed by atoms with Crippen LogP contribution in [0.4, 0.5) is 0 Å². The summed E-state index contributed by atoms with van der Waals surface area (Å²) in [4.78, 5) is 10.3. The maximum atomic E-state index is 10.3. The van der Waals surface area contributed by atoms with Crippen LogP contribution >= 0.6 is 0 Å². The van der Waals surface area contributed by atoms with Crippen LogP contribution in [0.2, 0.25) is 0 Å². The van der Waals surface area contributed by atoms with Crippen LogP contribution in [0.1, 0.15) is 111 Å². The SMILES string of the molecule is CC(O)CO.CC(O)CO.CCCCCCCC/C=C\CCCCCCCC(=O)O. The smallest absolute Gasteiger partial charge is 0.303 e. The molecule has 6 nitrogen and oxygen atoms in total. The van der Waals surface area contributed by atoms with Crippen molar-refractivity contribution >= 4 is 5.97 Å². The maximum absolute atomic E-state index is 10.3. The largest absolute Gasteiger partial charge is 0.481 e. The zero-order chi connectivity index (χ0) is 23.5. The van der Waals surface area contributed by atoms with Gasteiger partial charge in [0.2, 0.25) is 0 Å². The monoisotopic (exact) mass is 434 g/mol. The minimum atomic E-state index is -0.664. The number of carboxylic acids is 1. The number of unbranched alkanes of at least 4 members (excludes halogenated alkanes) is 11. The van der Waals surface area contributed by atoms with Crippen molar-refractivity contribution in [2.45, 2.75) is 123 Å². The highest BCUT2D eigenvalue weighted by molar-refractivity contribution is 5.66. The molecule has 0 aliphatic carbocycles. The van der Waals surface area contributed by atoms with Gasteiger partial charge in [0.05, 0.1) is 25.4 Å². The third kappa shape index (κ3) is 45.7. The van der Waals surface area contributed by atoms with E-state index in [2.05, 4.69) is 19.1 Å². The number of hydrogen-bond donors (Lipinski definition) is 5. The zero-order valence-corrected chi connectivity index (χ0v) is 19.8. The molecule has 5 N–H and O–H groups in total. The molecule has 0 amide bonds. The third-order valence-electron chi connectivity index (χ3n) is 4.18. The molecule has 0 heterocycles. The molecule has 0 aliphatic rings. The van der Waals surface area contributed by atoms with Crippen LogP contribution in [0.25, 0.3) is 0 Å². The average molecular weight is 435 g/mol. The molecule has 0 saturated carbocycles. The van der Waals surface area contributed by atoms with E-state index in [4.69, 9.17) is 25.5 Å². The van der Waals surface area contributed by atoms with E-state index in [0.717, 1.165) is 12.8 Å². The Balaban J connectivity index is -0.000000599. The number of aliphatic carboxylic acids is 1. The number of aliphatic hydroxyl groups is 4. The van der Waals surface area contributed by atoms with E-state index in [1.807, 2.05) is 0 Å². The quantitative estimate of drug-likeness (QED) is 0.165. The van der Waals surface area contributed by atoms with Crippen LogP contribution in [-0.4, -0.2) is 56.9 Å². The van der Waals surface area contributed by atoms with Gasteiger partial charge in [0.1, 0.15) is 0 Å². The summed E-state index contributed by atoms with van der Waals surface area (Å²) in [5.41, 5.74) is 0. The van der Waals surface area contributed by atoms with Crippen molar-refractivity contribution in [1.82, 2.24) is 0 Å². The molecule has 2 atom stereocenters. The van der Waals surface area contributed by atoms with Crippen molar-refractivity contribution in [2.75, 3.05) is 13.2 Å². The predicted molar refractivity (Wildman–Crippen MR) is 125 cm³/mol. The van der Waals surface area contributed by atoms with Crippen LogP contribution in [0.5, 0.6) is 0 Å². The van der Waals surface area contributed by atoms with Crippen LogP contribution in [0, 0.1) is 0 Å². The topological polar surface area (TPSA) is 118 Å². The Morgan fingerprint density at radius 3 is 1.37 bits per heavy atom. The van der Waals surface area contributed by atoms with Gasteiger partial charge in [-0.1, -0.05) is 70.4 Å². The van der Waals surface area contributed by atoms with E-state index in [1.165, 1.54) is 84.5 Å². The molecule has 182 valence electrons. The highest BCUT2D eigenvalue weighted by Crippen LogP contribution is 2.09. The molecule has 6 heteroatoms. The second-order valence-corrected chi connectivity index (χ2v) is 7.79. The van der Waals surface area contributed by atoms with Gasteiger partial charge in [-0.2, -0.15) is 0 Å². The van der Waals surface area contributed by atoms with Gasteiger partial charge in [0.25, 0.3) is 0 Å². The van der Waals surface area contributed by atoms with Gasteiger partial charge >= 0.3 is 5.97 Å². The molecule has 0 fully saturated rings. The lowest BCUT2D eigenvalue weighted by Crippen LogP contribution is -2.03. The standard InChI is InChI=1S/C18H34O2.2C3H8O2/c1-2-3-4-5-6-7-8-9-10-11-12-13-14-15-16-17-18(19)20;2*1-3(5)2-4/h9-10H,2-8,11-17H2,1H3,(H,19,20);2*3-5H,2H2,1H3/b10-9-;;. The molecule has 0 rings (SSSR count). The summed E-state index contributed by atoms with van der Waals surface area (Å²) in [7, 11) is 0. The molecule has 0 aromatic heterocycles. The molecular weight excluding hydrogens is 384 g/mol. The molecule has 0 bridgehead atoms. The first-order valence-electron chi connectivity index (χ1n) is 11.8. The lowest BCUT2D eigenvalue weighted by molar-refractivity contribution is -0.137. The molecule has 0 radical (unpaired) electrons. The van der Waals surface area contributed by atoms with Gasteiger partial charge in [-0.3, -0.25) is 4.79 Å². The Morgan fingerprint density at radius 1 is 0.700 bits per heavy atom. The summed E-state index contributed by atoms with van der Waals surface area (Å²) in [6, 6.07) is 0. The van der Waals surface area contributed by atoms with E-state index >= 15 is 0 Å². The van der Waals surface area contributed by atoms with Crippen LogP contribution in [0.3, 0.4) is 0 Å². The number of carbonyl (C=O) groups is 1. The van der Waals surface area contributed by atoms with E-state index in [1.54, 1.807) is 0 Å². The Hall–Kier alpha value is -0.950. The van der Waals surface area contributed by atoms with Crippen LogP contribution in [-0.2, 0) is 4.79 Å². The van der Waals surface area contributed by atoms with Gasteiger partial charge in [0.15, 0.2) is 0 Å². The van der Waals surface area contributed by atoms with E-state index in [-0.39, 0.29) is 13.2 Å². The summed E-state index contributed by atoms with van der Waals surface area (Å²) in [6.07, 6.45) is 20.1. The lowest BCUT2D eigenvalue weighted by Gasteiger charge is -1.99. The van der Waals surface area contributed by atoms with Crippen molar-refractivity contribution in [1.29, 1.82) is 0 Å². The zero-order valence-electron chi connectivity index (χ0n) is 19.8.